The second-order valence-electron chi connectivity index (χ2n) is 6.08. The Morgan fingerprint density at radius 2 is 2.00 bits per heavy atom. The Morgan fingerprint density at radius 1 is 1.26 bits per heavy atom. The molecule has 3 heteroatoms. The summed E-state index contributed by atoms with van der Waals surface area (Å²) in [4.78, 5) is 1.55. The van der Waals surface area contributed by atoms with Crippen LogP contribution in [0.2, 0.25) is 0 Å². The van der Waals surface area contributed by atoms with E-state index in [1.165, 1.54) is 67.3 Å². The van der Waals surface area contributed by atoms with Gasteiger partial charge in [-0.3, -0.25) is 0 Å². The molecular formula is C16H26BrNS. The van der Waals surface area contributed by atoms with Crippen molar-refractivity contribution in [2.75, 3.05) is 13.6 Å². The first-order valence-corrected chi connectivity index (χ1v) is 9.16. The largest absolute Gasteiger partial charge is 0.320 e. The molecule has 1 aromatic heterocycles. The summed E-state index contributed by atoms with van der Waals surface area (Å²) in [5.41, 5.74) is 2.01. The Kier molecular flexibility index (Phi) is 5.91. The molecule has 0 atom stereocenters. The lowest BCUT2D eigenvalue weighted by molar-refractivity contribution is 0.158. The van der Waals surface area contributed by atoms with Crippen LogP contribution in [0.25, 0.3) is 0 Å². The first kappa shape index (κ1) is 15.5. The van der Waals surface area contributed by atoms with Gasteiger partial charge in [-0.2, -0.15) is 0 Å². The minimum atomic E-state index is 0.617. The van der Waals surface area contributed by atoms with Gasteiger partial charge in [-0.25, -0.2) is 0 Å². The van der Waals surface area contributed by atoms with Crippen LogP contribution in [0.5, 0.6) is 0 Å². The molecule has 1 saturated carbocycles. The highest BCUT2D eigenvalue weighted by Crippen LogP contribution is 2.43. The smallest absolute Gasteiger partial charge is 0.0730 e. The number of hydrogen-bond acceptors (Lipinski definition) is 2. The van der Waals surface area contributed by atoms with Gasteiger partial charge < -0.3 is 5.32 Å². The average Bonchev–Trinajstić information content (AvgIpc) is 2.75. The summed E-state index contributed by atoms with van der Waals surface area (Å²) in [5.74, 6) is 0. The first-order chi connectivity index (χ1) is 9.15. The molecule has 0 radical (unpaired) electrons. The summed E-state index contributed by atoms with van der Waals surface area (Å²) in [5, 5.41) is 3.35. The van der Waals surface area contributed by atoms with Crippen molar-refractivity contribution in [3.8, 4) is 0 Å². The average molecular weight is 344 g/mol. The van der Waals surface area contributed by atoms with Gasteiger partial charge in [0.2, 0.25) is 0 Å². The quantitative estimate of drug-likeness (QED) is 0.737. The maximum atomic E-state index is 3.65. The fraction of sp³-hybridized carbons (Fsp3) is 0.750. The third-order valence-corrected chi connectivity index (χ3v) is 6.83. The lowest BCUT2D eigenvalue weighted by Crippen LogP contribution is -2.28. The summed E-state index contributed by atoms with van der Waals surface area (Å²) < 4.78 is 1.32. The molecule has 1 nitrogen and oxygen atoms in total. The van der Waals surface area contributed by atoms with E-state index in [9.17, 15) is 0 Å². The second-order valence-corrected chi connectivity index (χ2v) is 8.54. The lowest BCUT2D eigenvalue weighted by atomic mass is 9.69. The molecule has 0 bridgehead atoms. The molecule has 1 aliphatic rings. The number of halogens is 1. The van der Waals surface area contributed by atoms with Crippen molar-refractivity contribution in [2.45, 2.75) is 58.3 Å². The maximum absolute atomic E-state index is 3.65. The molecule has 1 aliphatic carbocycles. The second kappa shape index (κ2) is 7.24. The van der Waals surface area contributed by atoms with E-state index in [0.29, 0.717) is 5.41 Å². The van der Waals surface area contributed by atoms with Crippen LogP contribution >= 0.6 is 27.3 Å². The van der Waals surface area contributed by atoms with E-state index in [-0.39, 0.29) is 0 Å². The number of hydrogen-bond donors (Lipinski definition) is 1. The van der Waals surface area contributed by atoms with E-state index in [2.05, 4.69) is 41.3 Å². The minimum absolute atomic E-state index is 0.617. The standard InChI is InChI=1S/C16H26BrNS/c1-13-12-14(19-15(13)17)6-9-16(10-11-18-2)7-4-3-5-8-16/h12,18H,3-11H2,1-2H3. The van der Waals surface area contributed by atoms with Crippen LogP contribution in [-0.4, -0.2) is 13.6 Å². The molecule has 108 valence electrons. The monoisotopic (exact) mass is 343 g/mol. The summed E-state index contributed by atoms with van der Waals surface area (Å²) >= 11 is 5.57. The Labute approximate surface area is 130 Å². The summed E-state index contributed by atoms with van der Waals surface area (Å²) in [6, 6.07) is 2.36. The fourth-order valence-corrected chi connectivity index (χ4v) is 4.98. The van der Waals surface area contributed by atoms with Crippen molar-refractivity contribution < 1.29 is 0 Å². The Balaban J connectivity index is 1.95. The molecule has 1 N–H and O–H groups in total. The van der Waals surface area contributed by atoms with Crippen LogP contribution in [0.4, 0.5) is 0 Å². The van der Waals surface area contributed by atoms with Crippen LogP contribution in [0.15, 0.2) is 9.85 Å². The minimum Gasteiger partial charge on any atom is -0.320 e. The third kappa shape index (κ3) is 4.30. The van der Waals surface area contributed by atoms with Crippen molar-refractivity contribution in [1.29, 1.82) is 0 Å². The molecule has 0 aliphatic heterocycles. The van der Waals surface area contributed by atoms with Crippen molar-refractivity contribution >= 4 is 27.3 Å². The van der Waals surface area contributed by atoms with Crippen LogP contribution in [0.1, 0.15) is 55.4 Å². The molecule has 0 saturated heterocycles. The lowest BCUT2D eigenvalue weighted by Gasteiger charge is -2.37. The molecule has 0 amide bonds. The number of rotatable bonds is 6. The molecule has 0 spiro atoms. The predicted molar refractivity (Wildman–Crippen MR) is 89.1 cm³/mol. The third-order valence-electron chi connectivity index (χ3n) is 4.63. The van der Waals surface area contributed by atoms with Gasteiger partial charge in [0.15, 0.2) is 0 Å². The molecule has 0 aromatic carbocycles. The van der Waals surface area contributed by atoms with E-state index in [1.807, 2.05) is 11.3 Å². The van der Waals surface area contributed by atoms with Crippen molar-refractivity contribution in [1.82, 2.24) is 5.32 Å². The molecular weight excluding hydrogens is 318 g/mol. The van der Waals surface area contributed by atoms with Gasteiger partial charge >= 0.3 is 0 Å². The van der Waals surface area contributed by atoms with Gasteiger partial charge in [0, 0.05) is 4.88 Å². The zero-order valence-electron chi connectivity index (χ0n) is 12.2. The van der Waals surface area contributed by atoms with Crippen LogP contribution in [0.3, 0.4) is 0 Å². The molecule has 19 heavy (non-hydrogen) atoms. The zero-order valence-corrected chi connectivity index (χ0v) is 14.6. The van der Waals surface area contributed by atoms with E-state index >= 15 is 0 Å². The van der Waals surface area contributed by atoms with Gasteiger partial charge in [0.1, 0.15) is 0 Å². The van der Waals surface area contributed by atoms with Gasteiger partial charge in [-0.05, 0) is 85.6 Å². The number of aryl methyl sites for hydroxylation is 2. The van der Waals surface area contributed by atoms with Crippen LogP contribution in [-0.2, 0) is 6.42 Å². The highest BCUT2D eigenvalue weighted by molar-refractivity contribution is 9.11. The topological polar surface area (TPSA) is 12.0 Å². The van der Waals surface area contributed by atoms with Crippen molar-refractivity contribution in [2.24, 2.45) is 5.41 Å². The van der Waals surface area contributed by atoms with Crippen LogP contribution in [0, 0.1) is 12.3 Å². The van der Waals surface area contributed by atoms with E-state index in [0.717, 1.165) is 0 Å². The van der Waals surface area contributed by atoms with Gasteiger partial charge in [-0.1, -0.05) is 19.3 Å². The Hall–Kier alpha value is 0.140. The summed E-state index contributed by atoms with van der Waals surface area (Å²) in [6.45, 7) is 3.37. The zero-order chi connectivity index (χ0) is 13.7. The predicted octanol–water partition coefficient (Wildman–Crippen LogP) is 5.31. The molecule has 1 heterocycles. The highest BCUT2D eigenvalue weighted by atomic mass is 79.9. The number of thiophene rings is 1. The van der Waals surface area contributed by atoms with Gasteiger partial charge in [0.25, 0.3) is 0 Å². The highest BCUT2D eigenvalue weighted by Gasteiger charge is 2.31. The summed E-state index contributed by atoms with van der Waals surface area (Å²) in [6.07, 6.45) is 11.2. The normalized spacial score (nSPS) is 18.7. The van der Waals surface area contributed by atoms with Crippen molar-refractivity contribution in [3.05, 3.63) is 20.3 Å². The SMILES string of the molecule is CNCCC1(CCc2cc(C)c(Br)s2)CCCCC1. The Bertz CT molecular complexity index is 374. The van der Waals surface area contributed by atoms with E-state index in [1.54, 1.807) is 4.88 Å². The molecule has 1 fully saturated rings. The van der Waals surface area contributed by atoms with E-state index < -0.39 is 0 Å². The summed E-state index contributed by atoms with van der Waals surface area (Å²) in [7, 11) is 2.08. The molecule has 0 unspecified atom stereocenters. The fourth-order valence-electron chi connectivity index (χ4n) is 3.35. The van der Waals surface area contributed by atoms with Crippen LogP contribution < -0.4 is 5.32 Å². The first-order valence-electron chi connectivity index (χ1n) is 7.55. The molecule has 1 aromatic rings. The molecule has 2 rings (SSSR count). The Morgan fingerprint density at radius 3 is 2.58 bits per heavy atom. The van der Waals surface area contributed by atoms with E-state index in [4.69, 9.17) is 0 Å². The van der Waals surface area contributed by atoms with Gasteiger partial charge in [0.05, 0.1) is 3.79 Å². The van der Waals surface area contributed by atoms with Crippen molar-refractivity contribution in [3.63, 3.8) is 0 Å². The van der Waals surface area contributed by atoms with Gasteiger partial charge in [-0.15, -0.1) is 11.3 Å². The number of nitrogens with one attached hydrogen (secondary N) is 1. The maximum Gasteiger partial charge on any atom is 0.0730 e.